The lowest BCUT2D eigenvalue weighted by atomic mass is 9.82. The molecule has 60 heavy (non-hydrogen) atoms. The molecule has 4 nitrogen and oxygen atoms in total. The van der Waals surface area contributed by atoms with Gasteiger partial charge in [0.15, 0.2) is 5.82 Å². The summed E-state index contributed by atoms with van der Waals surface area (Å²) in [6.45, 7) is 9.41. The zero-order valence-electron chi connectivity index (χ0n) is 34.0. The van der Waals surface area contributed by atoms with E-state index in [-0.39, 0.29) is 10.8 Å². The third-order valence-electron chi connectivity index (χ3n) is 13.3. The number of aromatic nitrogens is 2. The number of hydrogen-bond acceptors (Lipinski definition) is 4. The molecule has 0 bridgehead atoms. The second-order valence-electron chi connectivity index (χ2n) is 17.3. The first-order valence-corrected chi connectivity index (χ1v) is 20.8. The Morgan fingerprint density at radius 3 is 1.92 bits per heavy atom. The van der Waals surface area contributed by atoms with Crippen molar-refractivity contribution in [3.05, 3.63) is 198 Å². The van der Waals surface area contributed by atoms with Crippen molar-refractivity contribution in [2.75, 3.05) is 4.90 Å². The molecule has 0 fully saturated rings. The van der Waals surface area contributed by atoms with Crippen molar-refractivity contribution in [2.24, 2.45) is 0 Å². The van der Waals surface area contributed by atoms with Gasteiger partial charge in [-0.25, -0.2) is 9.97 Å². The minimum atomic E-state index is -0.146. The highest BCUT2D eigenvalue weighted by Crippen LogP contribution is 2.56. The zero-order valence-corrected chi connectivity index (χ0v) is 34.0. The topological polar surface area (TPSA) is 42.2 Å². The van der Waals surface area contributed by atoms with Crippen LogP contribution in [0.3, 0.4) is 0 Å². The normalized spacial score (nSPS) is 14.3. The van der Waals surface area contributed by atoms with E-state index >= 15 is 0 Å². The minimum Gasteiger partial charge on any atom is -0.455 e. The van der Waals surface area contributed by atoms with E-state index < -0.39 is 0 Å². The predicted molar refractivity (Wildman–Crippen MR) is 247 cm³/mol. The third-order valence-corrected chi connectivity index (χ3v) is 13.3. The van der Waals surface area contributed by atoms with Gasteiger partial charge in [0.25, 0.3) is 0 Å². The second kappa shape index (κ2) is 12.6. The standard InChI is InChI=1S/C56H41N3O/c1-55(2)45-24-12-9-19-40(45)51-46(55)25-15-27-49(51)59(36-28-30-38-37-18-8-11-23-44(37)56(3,4)47(38)33-36)35-29-31-50-43(32-35)39-21-14-22-42(53(39)60-50)54-57-48-26-13-10-20-41(48)52(58-54)34-16-6-5-7-17-34/h5-33H,1-4H3. The summed E-state index contributed by atoms with van der Waals surface area (Å²) in [5.41, 5.74) is 19.0. The Bertz CT molecular complexity index is 3390. The maximum Gasteiger partial charge on any atom is 0.164 e. The molecule has 4 heteroatoms. The third kappa shape index (κ3) is 4.91. The maximum absolute atomic E-state index is 6.81. The fraction of sp³-hybridized carbons (Fsp3) is 0.107. The molecule has 2 aromatic heterocycles. The fourth-order valence-electron chi connectivity index (χ4n) is 10.3. The molecule has 10 aromatic rings. The summed E-state index contributed by atoms with van der Waals surface area (Å²) in [4.78, 5) is 12.8. The summed E-state index contributed by atoms with van der Waals surface area (Å²) in [5, 5.41) is 3.09. The molecule has 0 N–H and O–H groups in total. The van der Waals surface area contributed by atoms with Crippen LogP contribution in [0, 0.1) is 0 Å². The molecule has 12 rings (SSSR count). The van der Waals surface area contributed by atoms with Gasteiger partial charge in [-0.15, -0.1) is 0 Å². The van der Waals surface area contributed by atoms with E-state index in [1.165, 1.54) is 44.5 Å². The van der Waals surface area contributed by atoms with E-state index in [1.807, 2.05) is 18.2 Å². The summed E-state index contributed by atoms with van der Waals surface area (Å²) in [6.07, 6.45) is 0. The average molecular weight is 772 g/mol. The molecule has 8 aromatic carbocycles. The van der Waals surface area contributed by atoms with E-state index in [1.54, 1.807) is 0 Å². The molecular formula is C56H41N3O. The summed E-state index contributed by atoms with van der Waals surface area (Å²) >= 11 is 0. The average Bonchev–Trinajstić information content (AvgIpc) is 3.86. The van der Waals surface area contributed by atoms with Crippen LogP contribution in [0.1, 0.15) is 49.9 Å². The molecule has 0 atom stereocenters. The Kier molecular flexibility index (Phi) is 7.29. The highest BCUT2D eigenvalue weighted by atomic mass is 16.3. The highest BCUT2D eigenvalue weighted by molar-refractivity contribution is 6.11. The number of anilines is 3. The van der Waals surface area contributed by atoms with Crippen molar-refractivity contribution in [3.63, 3.8) is 0 Å². The van der Waals surface area contributed by atoms with E-state index in [0.29, 0.717) is 5.82 Å². The van der Waals surface area contributed by atoms with Gasteiger partial charge in [-0.1, -0.05) is 155 Å². The van der Waals surface area contributed by atoms with Crippen LogP contribution in [-0.4, -0.2) is 9.97 Å². The van der Waals surface area contributed by atoms with Gasteiger partial charge >= 0.3 is 0 Å². The number of furan rings is 1. The molecule has 0 spiro atoms. The van der Waals surface area contributed by atoms with E-state index in [4.69, 9.17) is 14.4 Å². The van der Waals surface area contributed by atoms with Crippen LogP contribution < -0.4 is 4.90 Å². The molecule has 0 unspecified atom stereocenters. The van der Waals surface area contributed by atoms with Crippen LogP contribution in [0.4, 0.5) is 17.1 Å². The summed E-state index contributed by atoms with van der Waals surface area (Å²) < 4.78 is 6.81. The van der Waals surface area contributed by atoms with Gasteiger partial charge in [0.2, 0.25) is 0 Å². The first-order valence-electron chi connectivity index (χ1n) is 20.8. The molecule has 0 saturated heterocycles. The van der Waals surface area contributed by atoms with Crippen molar-refractivity contribution < 1.29 is 4.42 Å². The van der Waals surface area contributed by atoms with Crippen molar-refractivity contribution in [1.29, 1.82) is 0 Å². The quantitative estimate of drug-likeness (QED) is 0.175. The largest absolute Gasteiger partial charge is 0.455 e. The predicted octanol–water partition coefficient (Wildman–Crippen LogP) is 14.9. The molecule has 2 heterocycles. The number of benzene rings is 8. The van der Waals surface area contributed by atoms with Gasteiger partial charge in [0, 0.05) is 49.5 Å². The van der Waals surface area contributed by atoms with Crippen LogP contribution >= 0.6 is 0 Å². The van der Waals surface area contributed by atoms with Gasteiger partial charge in [0.1, 0.15) is 11.2 Å². The van der Waals surface area contributed by atoms with Gasteiger partial charge < -0.3 is 9.32 Å². The molecule has 0 amide bonds. The van der Waals surface area contributed by atoms with E-state index in [9.17, 15) is 0 Å². The summed E-state index contributed by atoms with van der Waals surface area (Å²) in [6, 6.07) is 63.3. The van der Waals surface area contributed by atoms with Crippen molar-refractivity contribution in [1.82, 2.24) is 9.97 Å². The Hall–Kier alpha value is -7.30. The Labute approximate surface area is 349 Å². The van der Waals surface area contributed by atoms with Crippen molar-refractivity contribution >= 4 is 49.9 Å². The van der Waals surface area contributed by atoms with Gasteiger partial charge in [-0.05, 0) is 87.5 Å². The number of nitrogens with zero attached hydrogens (tertiary/aromatic N) is 3. The van der Waals surface area contributed by atoms with Gasteiger partial charge in [-0.2, -0.15) is 0 Å². The van der Waals surface area contributed by atoms with Crippen LogP contribution in [-0.2, 0) is 10.8 Å². The van der Waals surface area contributed by atoms with Crippen molar-refractivity contribution in [3.8, 4) is 44.9 Å². The molecule has 0 saturated carbocycles. The summed E-state index contributed by atoms with van der Waals surface area (Å²) in [7, 11) is 0. The maximum atomic E-state index is 6.81. The number of hydrogen-bond donors (Lipinski definition) is 0. The van der Waals surface area contributed by atoms with Crippen LogP contribution in [0.2, 0.25) is 0 Å². The van der Waals surface area contributed by atoms with Gasteiger partial charge in [-0.3, -0.25) is 0 Å². The van der Waals surface area contributed by atoms with Crippen LogP contribution in [0.15, 0.2) is 180 Å². The Balaban J connectivity index is 1.08. The van der Waals surface area contributed by atoms with Crippen molar-refractivity contribution in [2.45, 2.75) is 38.5 Å². The lowest BCUT2D eigenvalue weighted by Crippen LogP contribution is -2.17. The lowest BCUT2D eigenvalue weighted by Gasteiger charge is -2.30. The Morgan fingerprint density at radius 2 is 1.07 bits per heavy atom. The second-order valence-corrected chi connectivity index (χ2v) is 17.3. The number of rotatable bonds is 5. The first-order chi connectivity index (χ1) is 29.3. The molecule has 0 radical (unpaired) electrons. The zero-order chi connectivity index (χ0) is 40.3. The van der Waals surface area contributed by atoms with Crippen LogP contribution in [0.25, 0.3) is 77.7 Å². The van der Waals surface area contributed by atoms with Gasteiger partial charge in [0.05, 0.1) is 22.5 Å². The molecule has 0 aliphatic heterocycles. The highest BCUT2D eigenvalue weighted by Gasteiger charge is 2.39. The molecule has 2 aliphatic carbocycles. The fourth-order valence-corrected chi connectivity index (χ4v) is 10.3. The van der Waals surface area contributed by atoms with Crippen LogP contribution in [0.5, 0.6) is 0 Å². The monoisotopic (exact) mass is 771 g/mol. The number of fused-ring (bicyclic) bond motifs is 10. The lowest BCUT2D eigenvalue weighted by molar-refractivity contribution is 0.660. The smallest absolute Gasteiger partial charge is 0.164 e. The first kappa shape index (κ1) is 34.7. The SMILES string of the molecule is CC1(C)c2ccccc2-c2ccc(N(c3ccc4oc5c(-c6nc(-c7ccccc7)c7ccccc7n6)cccc5c4c3)c3cccc4c3-c3ccccc3C4(C)C)cc21. The van der Waals surface area contributed by atoms with E-state index in [2.05, 4.69) is 190 Å². The number of para-hydroxylation sites is 2. The van der Waals surface area contributed by atoms with E-state index in [0.717, 1.165) is 66.7 Å². The summed E-state index contributed by atoms with van der Waals surface area (Å²) in [5.74, 6) is 0.641. The molecule has 286 valence electrons. The minimum absolute atomic E-state index is 0.137. The molecule has 2 aliphatic rings. The molecular weight excluding hydrogens is 731 g/mol. The Morgan fingerprint density at radius 1 is 0.450 bits per heavy atom.